The third-order valence-electron chi connectivity index (χ3n) is 6.60. The quantitative estimate of drug-likeness (QED) is 0.349. The van der Waals surface area contributed by atoms with E-state index in [2.05, 4.69) is 0 Å². The second kappa shape index (κ2) is 8.71. The van der Waals surface area contributed by atoms with Crippen molar-refractivity contribution >= 4 is 39.8 Å². The molecule has 0 aromatic heterocycles. The number of aliphatic hydroxyl groups is 1. The lowest BCUT2D eigenvalue weighted by molar-refractivity contribution is -0.136. The highest BCUT2D eigenvalue weighted by molar-refractivity contribution is 6.31. The SMILES string of the molecule is CCc1ccc(C(=O)C[C@@]2(O)C(=O)N(Cc3cccc4ccccc34)c3ccc(Cl)cc32)cc1. The molecular formula is C29H24ClNO3. The van der Waals surface area contributed by atoms with Crippen LogP contribution in [0.15, 0.2) is 84.9 Å². The number of ketones is 1. The van der Waals surface area contributed by atoms with Gasteiger partial charge in [0.1, 0.15) is 0 Å². The number of carbonyl (C=O) groups is 2. The molecule has 0 spiro atoms. The molecule has 4 aromatic carbocycles. The van der Waals surface area contributed by atoms with Crippen molar-refractivity contribution < 1.29 is 14.7 Å². The number of fused-ring (bicyclic) bond motifs is 2. The molecule has 0 saturated heterocycles. The average molecular weight is 470 g/mol. The van der Waals surface area contributed by atoms with Gasteiger partial charge in [-0.05, 0) is 46.5 Å². The number of carbonyl (C=O) groups excluding carboxylic acids is 2. The van der Waals surface area contributed by atoms with E-state index in [1.807, 2.05) is 61.5 Å². The first kappa shape index (κ1) is 22.3. The van der Waals surface area contributed by atoms with Gasteiger partial charge < -0.3 is 10.0 Å². The summed E-state index contributed by atoms with van der Waals surface area (Å²) >= 11 is 6.25. The van der Waals surface area contributed by atoms with Crippen molar-refractivity contribution in [3.8, 4) is 0 Å². The van der Waals surface area contributed by atoms with Gasteiger partial charge in [-0.3, -0.25) is 9.59 Å². The molecule has 0 aliphatic carbocycles. The van der Waals surface area contributed by atoms with Crippen molar-refractivity contribution in [3.05, 3.63) is 112 Å². The predicted octanol–water partition coefficient (Wildman–Crippen LogP) is 6.06. The van der Waals surface area contributed by atoms with Crippen LogP contribution >= 0.6 is 11.6 Å². The lowest BCUT2D eigenvalue weighted by Gasteiger charge is -2.23. The Bertz CT molecular complexity index is 1410. The summed E-state index contributed by atoms with van der Waals surface area (Å²) in [4.78, 5) is 28.4. The number of amides is 1. The monoisotopic (exact) mass is 469 g/mol. The predicted molar refractivity (Wildman–Crippen MR) is 135 cm³/mol. The molecule has 170 valence electrons. The van der Waals surface area contributed by atoms with E-state index in [1.165, 1.54) is 0 Å². The van der Waals surface area contributed by atoms with Gasteiger partial charge >= 0.3 is 0 Å². The number of hydrogen-bond donors (Lipinski definition) is 1. The van der Waals surface area contributed by atoms with Crippen molar-refractivity contribution in [1.82, 2.24) is 0 Å². The van der Waals surface area contributed by atoms with E-state index < -0.39 is 11.5 Å². The Hall–Kier alpha value is -3.47. The molecule has 4 nitrogen and oxygen atoms in total. The Morgan fingerprint density at radius 2 is 1.71 bits per heavy atom. The summed E-state index contributed by atoms with van der Waals surface area (Å²) in [5.41, 5.74) is 1.49. The Morgan fingerprint density at radius 3 is 2.47 bits per heavy atom. The number of hydrogen-bond acceptors (Lipinski definition) is 3. The zero-order chi connectivity index (χ0) is 23.9. The Balaban J connectivity index is 1.52. The van der Waals surface area contributed by atoms with E-state index in [0.717, 1.165) is 28.3 Å². The maximum Gasteiger partial charge on any atom is 0.264 e. The molecule has 4 aromatic rings. The van der Waals surface area contributed by atoms with Gasteiger partial charge in [-0.2, -0.15) is 0 Å². The summed E-state index contributed by atoms with van der Waals surface area (Å²) in [7, 11) is 0. The van der Waals surface area contributed by atoms with E-state index in [0.29, 0.717) is 21.8 Å². The van der Waals surface area contributed by atoms with Gasteiger partial charge in [0, 0.05) is 16.1 Å². The molecule has 1 N–H and O–H groups in total. The minimum Gasteiger partial charge on any atom is -0.375 e. The molecule has 0 fully saturated rings. The van der Waals surface area contributed by atoms with Crippen LogP contribution in [0, 0.1) is 0 Å². The van der Waals surface area contributed by atoms with Crippen molar-refractivity contribution in [1.29, 1.82) is 0 Å². The third kappa shape index (κ3) is 3.79. The van der Waals surface area contributed by atoms with E-state index in [1.54, 1.807) is 35.2 Å². The van der Waals surface area contributed by atoms with Crippen LogP contribution in [0.25, 0.3) is 10.8 Å². The van der Waals surface area contributed by atoms with Gasteiger partial charge in [0.05, 0.1) is 18.7 Å². The van der Waals surface area contributed by atoms with Crippen molar-refractivity contribution in [2.24, 2.45) is 0 Å². The maximum absolute atomic E-state index is 13.7. The van der Waals surface area contributed by atoms with Crippen LogP contribution in [-0.2, 0) is 23.4 Å². The highest BCUT2D eigenvalue weighted by Gasteiger charge is 2.51. The summed E-state index contributed by atoms with van der Waals surface area (Å²) in [5.74, 6) is -0.812. The van der Waals surface area contributed by atoms with Gasteiger partial charge in [-0.1, -0.05) is 85.3 Å². The lowest BCUT2D eigenvalue weighted by Crippen LogP contribution is -2.41. The first-order valence-electron chi connectivity index (χ1n) is 11.3. The molecule has 5 rings (SSSR count). The smallest absolute Gasteiger partial charge is 0.264 e. The van der Waals surface area contributed by atoms with E-state index in [9.17, 15) is 14.7 Å². The minimum atomic E-state index is -1.98. The second-order valence-corrected chi connectivity index (χ2v) is 9.14. The highest BCUT2D eigenvalue weighted by atomic mass is 35.5. The molecule has 1 heterocycles. The molecule has 34 heavy (non-hydrogen) atoms. The Labute approximate surface area is 203 Å². The van der Waals surface area contributed by atoms with Gasteiger partial charge in [-0.15, -0.1) is 0 Å². The van der Waals surface area contributed by atoms with Crippen molar-refractivity contribution in [3.63, 3.8) is 0 Å². The fraction of sp³-hybridized carbons (Fsp3) is 0.172. The summed E-state index contributed by atoms with van der Waals surface area (Å²) in [6, 6.07) is 26.2. The highest BCUT2D eigenvalue weighted by Crippen LogP contribution is 2.45. The molecule has 0 bridgehead atoms. The van der Waals surface area contributed by atoms with Gasteiger partial charge in [0.15, 0.2) is 11.4 Å². The fourth-order valence-electron chi connectivity index (χ4n) is 4.71. The molecule has 0 unspecified atom stereocenters. The lowest BCUT2D eigenvalue weighted by atomic mass is 9.88. The fourth-order valence-corrected chi connectivity index (χ4v) is 4.88. The molecule has 5 heteroatoms. The topological polar surface area (TPSA) is 57.6 Å². The minimum absolute atomic E-state index is 0.274. The van der Waals surface area contributed by atoms with Gasteiger partial charge in [-0.25, -0.2) is 0 Å². The van der Waals surface area contributed by atoms with E-state index in [4.69, 9.17) is 11.6 Å². The van der Waals surface area contributed by atoms with Crippen LogP contribution in [0.5, 0.6) is 0 Å². The van der Waals surface area contributed by atoms with E-state index in [-0.39, 0.29) is 18.7 Å². The molecule has 0 radical (unpaired) electrons. The summed E-state index contributed by atoms with van der Waals surface area (Å²) in [6.45, 7) is 2.32. The standard InChI is InChI=1S/C29H24ClNO3/c1-2-19-10-12-21(13-11-19)27(32)17-29(34)25-16-23(30)14-15-26(25)31(28(29)33)18-22-8-5-7-20-6-3-4-9-24(20)22/h3-16,34H,2,17-18H2,1H3/t29-/m0/s1. The number of aryl methyl sites for hydroxylation is 1. The summed E-state index contributed by atoms with van der Waals surface area (Å²) < 4.78 is 0. The van der Waals surface area contributed by atoms with Crippen LogP contribution in [0.3, 0.4) is 0 Å². The number of anilines is 1. The molecular weight excluding hydrogens is 446 g/mol. The Kier molecular flexibility index (Phi) is 5.72. The van der Waals surface area contributed by atoms with Crippen molar-refractivity contribution in [2.45, 2.75) is 31.9 Å². The zero-order valence-corrected chi connectivity index (χ0v) is 19.5. The van der Waals surface area contributed by atoms with Crippen LogP contribution in [-0.4, -0.2) is 16.8 Å². The number of halogens is 1. The Morgan fingerprint density at radius 1 is 0.971 bits per heavy atom. The first-order valence-corrected chi connectivity index (χ1v) is 11.7. The average Bonchev–Trinajstić information content (AvgIpc) is 3.05. The molecule has 1 aliphatic heterocycles. The molecule has 0 saturated carbocycles. The molecule has 1 atom stereocenters. The third-order valence-corrected chi connectivity index (χ3v) is 6.84. The number of nitrogens with zero attached hydrogens (tertiary/aromatic N) is 1. The van der Waals surface area contributed by atoms with Gasteiger partial charge in [0.25, 0.3) is 5.91 Å². The van der Waals surface area contributed by atoms with Crippen molar-refractivity contribution in [2.75, 3.05) is 4.90 Å². The van der Waals surface area contributed by atoms with E-state index >= 15 is 0 Å². The molecule has 1 aliphatic rings. The normalized spacial score (nSPS) is 17.3. The summed E-state index contributed by atoms with van der Waals surface area (Å²) in [5, 5.41) is 14.2. The largest absolute Gasteiger partial charge is 0.375 e. The van der Waals surface area contributed by atoms with Crippen LogP contribution < -0.4 is 4.90 Å². The first-order chi connectivity index (χ1) is 16.4. The second-order valence-electron chi connectivity index (χ2n) is 8.70. The molecule has 1 amide bonds. The van der Waals surface area contributed by atoms with Gasteiger partial charge in [0.2, 0.25) is 0 Å². The number of Topliss-reactive ketones (excluding diaryl/α,β-unsaturated/α-hetero) is 1. The zero-order valence-electron chi connectivity index (χ0n) is 18.8. The number of rotatable bonds is 6. The number of benzene rings is 4. The van der Waals surface area contributed by atoms with Crippen LogP contribution in [0.1, 0.15) is 40.4 Å². The van der Waals surface area contributed by atoms with Crippen LogP contribution in [0.4, 0.5) is 5.69 Å². The van der Waals surface area contributed by atoms with Crippen LogP contribution in [0.2, 0.25) is 5.02 Å². The summed E-state index contributed by atoms with van der Waals surface area (Å²) in [6.07, 6.45) is 0.516. The maximum atomic E-state index is 13.7.